The summed E-state index contributed by atoms with van der Waals surface area (Å²) < 4.78 is 0. The molecule has 1 N–H and O–H groups in total. The van der Waals surface area contributed by atoms with Gasteiger partial charge in [0, 0.05) is 25.7 Å². The maximum Gasteiger partial charge on any atom is 0.272 e. The van der Waals surface area contributed by atoms with Gasteiger partial charge in [-0.05, 0) is 53.2 Å². The molecule has 1 aliphatic heterocycles. The normalized spacial score (nSPS) is 15.2. The van der Waals surface area contributed by atoms with Crippen LogP contribution < -0.4 is 5.32 Å². The first-order valence-electron chi connectivity index (χ1n) is 8.10. The van der Waals surface area contributed by atoms with Gasteiger partial charge in [0.25, 0.3) is 5.91 Å². The van der Waals surface area contributed by atoms with Gasteiger partial charge in [-0.2, -0.15) is 0 Å². The van der Waals surface area contributed by atoms with E-state index in [2.05, 4.69) is 34.3 Å². The van der Waals surface area contributed by atoms with Gasteiger partial charge in [0.15, 0.2) is 0 Å². The van der Waals surface area contributed by atoms with Crippen LogP contribution in [0.2, 0.25) is 0 Å². The summed E-state index contributed by atoms with van der Waals surface area (Å²) in [5, 5.41) is 3.29. The molecule has 0 spiro atoms. The number of likely N-dealkylation sites (tertiary alicyclic amines) is 1. The average Bonchev–Trinajstić information content (AvgIpc) is 2.51. The molecule has 0 radical (unpaired) electrons. The largest absolute Gasteiger partial charge is 0.370 e. The molecule has 6 heteroatoms. The molecule has 122 valence electrons. The topological polar surface area (TPSA) is 61.4 Å². The van der Waals surface area contributed by atoms with E-state index in [1.165, 1.54) is 6.42 Å². The van der Waals surface area contributed by atoms with Crippen LogP contribution in [0.4, 0.5) is 5.82 Å². The molecule has 2 rings (SSSR count). The molecule has 1 amide bonds. The van der Waals surface area contributed by atoms with Crippen molar-refractivity contribution in [3.8, 4) is 0 Å². The predicted octanol–water partition coefficient (Wildman–Crippen LogP) is 1.77. The van der Waals surface area contributed by atoms with E-state index in [9.17, 15) is 4.79 Å². The summed E-state index contributed by atoms with van der Waals surface area (Å²) in [7, 11) is 4.12. The van der Waals surface area contributed by atoms with E-state index in [1.54, 1.807) is 6.07 Å². The molecule has 1 saturated heterocycles. The second kappa shape index (κ2) is 8.08. The fourth-order valence-corrected chi connectivity index (χ4v) is 2.64. The molecule has 2 heterocycles. The van der Waals surface area contributed by atoms with Crippen LogP contribution in [0.15, 0.2) is 6.07 Å². The number of nitrogens with zero attached hydrogens (tertiary/aromatic N) is 4. The third kappa shape index (κ3) is 4.94. The SMILES string of the molecule is Cc1nc(NCCCN(C)C)cc(C(=O)N2CCCCC2)n1. The summed E-state index contributed by atoms with van der Waals surface area (Å²) in [6, 6.07) is 1.78. The van der Waals surface area contributed by atoms with Crippen LogP contribution in [0.1, 0.15) is 42.0 Å². The first-order valence-corrected chi connectivity index (χ1v) is 8.10. The number of aryl methyl sites for hydroxylation is 1. The predicted molar refractivity (Wildman–Crippen MR) is 88.2 cm³/mol. The molecular formula is C16H27N5O. The van der Waals surface area contributed by atoms with E-state index < -0.39 is 0 Å². The molecule has 1 aromatic heterocycles. The van der Waals surface area contributed by atoms with Crippen molar-refractivity contribution in [3.05, 3.63) is 17.6 Å². The highest BCUT2D eigenvalue weighted by Crippen LogP contribution is 2.14. The molecule has 1 fully saturated rings. The van der Waals surface area contributed by atoms with E-state index in [1.807, 2.05) is 11.8 Å². The molecule has 1 aliphatic rings. The number of aromatic nitrogens is 2. The van der Waals surface area contributed by atoms with Gasteiger partial charge in [-0.3, -0.25) is 4.79 Å². The number of anilines is 1. The molecule has 0 unspecified atom stereocenters. The standard InChI is InChI=1S/C16H27N5O/c1-13-18-14(16(22)21-10-5-4-6-11-21)12-15(19-13)17-8-7-9-20(2)3/h12H,4-11H2,1-3H3,(H,17,18,19). The van der Waals surface area contributed by atoms with E-state index >= 15 is 0 Å². The molecule has 22 heavy (non-hydrogen) atoms. The Bertz CT molecular complexity index is 497. The van der Waals surface area contributed by atoms with Gasteiger partial charge in [-0.1, -0.05) is 0 Å². The molecule has 0 saturated carbocycles. The van der Waals surface area contributed by atoms with Crippen LogP contribution in [0.5, 0.6) is 0 Å². The summed E-state index contributed by atoms with van der Waals surface area (Å²) in [6.45, 7) is 5.38. The van der Waals surface area contributed by atoms with Gasteiger partial charge in [0.05, 0.1) is 0 Å². The molecular weight excluding hydrogens is 278 g/mol. The Morgan fingerprint density at radius 2 is 2.00 bits per heavy atom. The van der Waals surface area contributed by atoms with Crippen LogP contribution in [0, 0.1) is 6.92 Å². The van der Waals surface area contributed by atoms with Crippen LogP contribution in [-0.2, 0) is 0 Å². The lowest BCUT2D eigenvalue weighted by Crippen LogP contribution is -2.36. The summed E-state index contributed by atoms with van der Waals surface area (Å²) >= 11 is 0. The Labute approximate surface area is 132 Å². The number of nitrogens with one attached hydrogen (secondary N) is 1. The zero-order chi connectivity index (χ0) is 15.9. The van der Waals surface area contributed by atoms with Crippen molar-refractivity contribution in [1.29, 1.82) is 0 Å². The van der Waals surface area contributed by atoms with Crippen molar-refractivity contribution in [1.82, 2.24) is 19.8 Å². The van der Waals surface area contributed by atoms with Crippen molar-refractivity contribution in [2.24, 2.45) is 0 Å². The van der Waals surface area contributed by atoms with Crippen LogP contribution in [-0.4, -0.2) is 65.9 Å². The van der Waals surface area contributed by atoms with E-state index in [0.29, 0.717) is 11.5 Å². The van der Waals surface area contributed by atoms with Crippen molar-refractivity contribution >= 4 is 11.7 Å². The Kier molecular flexibility index (Phi) is 6.12. The maximum atomic E-state index is 12.5. The smallest absolute Gasteiger partial charge is 0.272 e. The monoisotopic (exact) mass is 305 g/mol. The number of hydrogen-bond acceptors (Lipinski definition) is 5. The summed E-state index contributed by atoms with van der Waals surface area (Å²) in [6.07, 6.45) is 4.42. The number of piperidine rings is 1. The van der Waals surface area contributed by atoms with Crippen molar-refractivity contribution in [2.75, 3.05) is 45.6 Å². The van der Waals surface area contributed by atoms with Gasteiger partial charge in [-0.25, -0.2) is 9.97 Å². The maximum absolute atomic E-state index is 12.5. The molecule has 1 aromatic rings. The Hall–Kier alpha value is -1.69. The van der Waals surface area contributed by atoms with Gasteiger partial charge < -0.3 is 15.1 Å². The molecule has 0 bridgehead atoms. The number of amides is 1. The van der Waals surface area contributed by atoms with E-state index in [-0.39, 0.29) is 5.91 Å². The summed E-state index contributed by atoms with van der Waals surface area (Å²) in [5.74, 6) is 1.41. The highest BCUT2D eigenvalue weighted by Gasteiger charge is 2.20. The van der Waals surface area contributed by atoms with Crippen molar-refractivity contribution in [2.45, 2.75) is 32.6 Å². The fourth-order valence-electron chi connectivity index (χ4n) is 2.64. The number of carbonyl (C=O) groups is 1. The third-order valence-corrected chi connectivity index (χ3v) is 3.79. The molecule has 0 aliphatic carbocycles. The third-order valence-electron chi connectivity index (χ3n) is 3.79. The average molecular weight is 305 g/mol. The van der Waals surface area contributed by atoms with Gasteiger partial charge in [0.1, 0.15) is 17.3 Å². The quantitative estimate of drug-likeness (QED) is 0.812. The number of carbonyl (C=O) groups excluding carboxylic acids is 1. The number of hydrogen-bond donors (Lipinski definition) is 1. The minimum absolute atomic E-state index is 0.0292. The Morgan fingerprint density at radius 1 is 1.27 bits per heavy atom. The van der Waals surface area contributed by atoms with Crippen LogP contribution in [0.25, 0.3) is 0 Å². The van der Waals surface area contributed by atoms with Gasteiger partial charge in [0.2, 0.25) is 0 Å². The lowest BCUT2D eigenvalue weighted by molar-refractivity contribution is 0.0718. The lowest BCUT2D eigenvalue weighted by atomic mass is 10.1. The highest BCUT2D eigenvalue weighted by atomic mass is 16.2. The zero-order valence-corrected chi connectivity index (χ0v) is 13.9. The Morgan fingerprint density at radius 3 is 2.68 bits per heavy atom. The van der Waals surface area contributed by atoms with Crippen molar-refractivity contribution in [3.63, 3.8) is 0 Å². The molecule has 0 atom stereocenters. The number of rotatable bonds is 6. The van der Waals surface area contributed by atoms with E-state index in [0.717, 1.165) is 51.3 Å². The molecule has 0 aromatic carbocycles. The van der Waals surface area contributed by atoms with Gasteiger partial charge >= 0.3 is 0 Å². The van der Waals surface area contributed by atoms with Crippen LogP contribution >= 0.6 is 0 Å². The fraction of sp³-hybridized carbons (Fsp3) is 0.688. The zero-order valence-electron chi connectivity index (χ0n) is 13.9. The first kappa shape index (κ1) is 16.7. The second-order valence-electron chi connectivity index (χ2n) is 6.12. The van der Waals surface area contributed by atoms with Gasteiger partial charge in [-0.15, -0.1) is 0 Å². The highest BCUT2D eigenvalue weighted by molar-refractivity contribution is 5.93. The second-order valence-corrected chi connectivity index (χ2v) is 6.12. The summed E-state index contributed by atoms with van der Waals surface area (Å²) in [5.41, 5.74) is 0.504. The lowest BCUT2D eigenvalue weighted by Gasteiger charge is -2.26. The Balaban J connectivity index is 1.98. The van der Waals surface area contributed by atoms with E-state index in [4.69, 9.17) is 0 Å². The minimum atomic E-state index is 0.0292. The van der Waals surface area contributed by atoms with Crippen molar-refractivity contribution < 1.29 is 4.79 Å². The van der Waals surface area contributed by atoms with Crippen LogP contribution in [0.3, 0.4) is 0 Å². The molecule has 6 nitrogen and oxygen atoms in total. The minimum Gasteiger partial charge on any atom is -0.370 e. The summed E-state index contributed by atoms with van der Waals surface area (Å²) in [4.78, 5) is 25.3. The first-order chi connectivity index (χ1) is 10.6.